The molecule has 2 aromatic carbocycles. The summed E-state index contributed by atoms with van der Waals surface area (Å²) in [4.78, 5) is 32.1. The van der Waals surface area contributed by atoms with Gasteiger partial charge in [0.15, 0.2) is 0 Å². The summed E-state index contributed by atoms with van der Waals surface area (Å²) < 4.78 is 0. The summed E-state index contributed by atoms with van der Waals surface area (Å²) in [7, 11) is 0. The molecule has 0 amide bonds. The first-order chi connectivity index (χ1) is 11.4. The zero-order valence-corrected chi connectivity index (χ0v) is 12.8. The standard InChI is InChI=1S/C16H15N3O5/c1-11(20)9-16(12-5-7-14(8-6-12)18(21)22)17-13-3-2-4-15(10-13)19(23)24/h2-8,10,16-17H,9H2,1H3. The summed E-state index contributed by atoms with van der Waals surface area (Å²) in [5.41, 5.74) is 1.07. The predicted octanol–water partition coefficient (Wildman–Crippen LogP) is 3.64. The quantitative estimate of drug-likeness (QED) is 0.612. The summed E-state index contributed by atoms with van der Waals surface area (Å²) in [6.07, 6.45) is 0.153. The highest BCUT2D eigenvalue weighted by Gasteiger charge is 2.16. The maximum atomic E-state index is 11.5. The Kier molecular flexibility index (Phi) is 5.20. The molecular weight excluding hydrogens is 314 g/mol. The summed E-state index contributed by atoms with van der Waals surface area (Å²) in [6, 6.07) is 11.4. The average Bonchev–Trinajstić information content (AvgIpc) is 2.54. The van der Waals surface area contributed by atoms with Crippen LogP contribution < -0.4 is 5.32 Å². The Labute approximate surface area is 137 Å². The van der Waals surface area contributed by atoms with E-state index in [-0.39, 0.29) is 23.6 Å². The molecule has 0 radical (unpaired) electrons. The Morgan fingerprint density at radius 1 is 1.04 bits per heavy atom. The van der Waals surface area contributed by atoms with Gasteiger partial charge in [0.2, 0.25) is 0 Å². The minimum atomic E-state index is -0.503. The lowest BCUT2D eigenvalue weighted by Gasteiger charge is -2.19. The van der Waals surface area contributed by atoms with Crippen molar-refractivity contribution in [1.82, 2.24) is 0 Å². The Hall–Kier alpha value is -3.29. The largest absolute Gasteiger partial charge is 0.378 e. The molecule has 1 unspecified atom stereocenters. The smallest absolute Gasteiger partial charge is 0.271 e. The monoisotopic (exact) mass is 329 g/mol. The van der Waals surface area contributed by atoms with Crippen molar-refractivity contribution in [1.29, 1.82) is 0 Å². The number of nitrogens with one attached hydrogen (secondary N) is 1. The molecule has 0 fully saturated rings. The number of nitrogens with zero attached hydrogens (tertiary/aromatic N) is 2. The molecule has 0 bridgehead atoms. The Bertz CT molecular complexity index is 774. The van der Waals surface area contributed by atoms with Gasteiger partial charge in [0.25, 0.3) is 11.4 Å². The van der Waals surface area contributed by atoms with Crippen LogP contribution in [0.4, 0.5) is 17.1 Å². The lowest BCUT2D eigenvalue weighted by atomic mass is 10.0. The zero-order valence-electron chi connectivity index (χ0n) is 12.8. The molecule has 8 heteroatoms. The van der Waals surface area contributed by atoms with Gasteiger partial charge in [-0.15, -0.1) is 0 Å². The molecule has 24 heavy (non-hydrogen) atoms. The molecule has 0 aliphatic carbocycles. The van der Waals surface area contributed by atoms with Crippen molar-refractivity contribution in [2.75, 3.05) is 5.32 Å². The number of ketones is 1. The van der Waals surface area contributed by atoms with E-state index in [1.807, 2.05) is 0 Å². The van der Waals surface area contributed by atoms with Gasteiger partial charge in [-0.05, 0) is 18.6 Å². The summed E-state index contributed by atoms with van der Waals surface area (Å²) in [6.45, 7) is 1.44. The molecule has 0 aromatic heterocycles. The molecule has 2 aromatic rings. The van der Waals surface area contributed by atoms with Gasteiger partial charge in [0, 0.05) is 36.4 Å². The fraction of sp³-hybridized carbons (Fsp3) is 0.188. The summed E-state index contributed by atoms with van der Waals surface area (Å²) in [5, 5.41) is 24.6. The van der Waals surface area contributed by atoms with Crippen molar-refractivity contribution < 1.29 is 14.6 Å². The van der Waals surface area contributed by atoms with Crippen LogP contribution in [0, 0.1) is 20.2 Å². The molecule has 0 aliphatic rings. The number of hydrogen-bond acceptors (Lipinski definition) is 6. The lowest BCUT2D eigenvalue weighted by molar-refractivity contribution is -0.385. The van der Waals surface area contributed by atoms with Crippen molar-refractivity contribution in [2.24, 2.45) is 0 Å². The van der Waals surface area contributed by atoms with E-state index in [0.29, 0.717) is 11.3 Å². The third-order valence-electron chi connectivity index (χ3n) is 3.40. The second kappa shape index (κ2) is 7.32. The van der Waals surface area contributed by atoms with E-state index in [1.54, 1.807) is 24.3 Å². The molecule has 0 saturated heterocycles. The van der Waals surface area contributed by atoms with E-state index in [4.69, 9.17) is 0 Å². The van der Waals surface area contributed by atoms with Crippen LogP contribution in [0.15, 0.2) is 48.5 Å². The predicted molar refractivity (Wildman–Crippen MR) is 87.9 cm³/mol. The van der Waals surface area contributed by atoms with Crippen LogP contribution in [0.3, 0.4) is 0 Å². The Morgan fingerprint density at radius 2 is 1.67 bits per heavy atom. The number of nitro benzene ring substituents is 2. The van der Waals surface area contributed by atoms with Gasteiger partial charge in [-0.1, -0.05) is 18.2 Å². The highest BCUT2D eigenvalue weighted by Crippen LogP contribution is 2.26. The van der Waals surface area contributed by atoms with Crippen LogP contribution in [-0.4, -0.2) is 15.6 Å². The molecular formula is C16H15N3O5. The van der Waals surface area contributed by atoms with Gasteiger partial charge in [-0.3, -0.25) is 25.0 Å². The van der Waals surface area contributed by atoms with Crippen LogP contribution in [0.5, 0.6) is 0 Å². The first kappa shape index (κ1) is 17.1. The topological polar surface area (TPSA) is 115 Å². The maximum Gasteiger partial charge on any atom is 0.271 e. The SMILES string of the molecule is CC(=O)CC(Nc1cccc([N+](=O)[O-])c1)c1ccc([N+](=O)[O-])cc1. The van der Waals surface area contributed by atoms with E-state index in [2.05, 4.69) is 5.32 Å². The number of non-ortho nitro benzene ring substituents is 2. The molecule has 0 heterocycles. The van der Waals surface area contributed by atoms with E-state index >= 15 is 0 Å². The molecule has 8 nitrogen and oxygen atoms in total. The first-order valence-electron chi connectivity index (χ1n) is 7.11. The second-order valence-electron chi connectivity index (χ2n) is 5.26. The Morgan fingerprint density at radius 3 is 2.21 bits per heavy atom. The minimum Gasteiger partial charge on any atom is -0.378 e. The maximum absolute atomic E-state index is 11.5. The number of benzene rings is 2. The normalized spacial score (nSPS) is 11.5. The van der Waals surface area contributed by atoms with Crippen LogP contribution in [0.1, 0.15) is 24.9 Å². The van der Waals surface area contributed by atoms with E-state index in [0.717, 1.165) is 0 Å². The van der Waals surface area contributed by atoms with Crippen molar-refractivity contribution in [3.63, 3.8) is 0 Å². The fourth-order valence-electron chi connectivity index (χ4n) is 2.28. The number of nitro groups is 2. The molecule has 0 spiro atoms. The minimum absolute atomic E-state index is 0.0457. The van der Waals surface area contributed by atoms with Crippen molar-refractivity contribution in [3.05, 3.63) is 74.3 Å². The van der Waals surface area contributed by atoms with E-state index in [1.165, 1.54) is 31.2 Å². The third kappa shape index (κ3) is 4.35. The summed E-state index contributed by atoms with van der Waals surface area (Å²) in [5.74, 6) is -0.0729. The van der Waals surface area contributed by atoms with Crippen LogP contribution >= 0.6 is 0 Å². The fourth-order valence-corrected chi connectivity index (χ4v) is 2.28. The molecule has 2 rings (SSSR count). The number of carbonyl (C=O) groups excluding carboxylic acids is 1. The van der Waals surface area contributed by atoms with Gasteiger partial charge in [0.05, 0.1) is 15.9 Å². The molecule has 1 N–H and O–H groups in total. The molecule has 0 aliphatic heterocycles. The number of Topliss-reactive ketones (excluding diaryl/α,β-unsaturated/α-hetero) is 1. The van der Waals surface area contributed by atoms with Crippen molar-refractivity contribution >= 4 is 22.8 Å². The van der Waals surface area contributed by atoms with Gasteiger partial charge in [0.1, 0.15) is 5.78 Å². The number of hydrogen-bond donors (Lipinski definition) is 1. The average molecular weight is 329 g/mol. The van der Waals surface area contributed by atoms with Gasteiger partial charge in [-0.2, -0.15) is 0 Å². The number of rotatable bonds is 7. The van der Waals surface area contributed by atoms with Crippen LogP contribution in [0.25, 0.3) is 0 Å². The highest BCUT2D eigenvalue weighted by molar-refractivity contribution is 5.77. The van der Waals surface area contributed by atoms with Gasteiger partial charge < -0.3 is 5.32 Å². The van der Waals surface area contributed by atoms with Gasteiger partial charge in [-0.25, -0.2) is 0 Å². The zero-order chi connectivity index (χ0) is 17.7. The van der Waals surface area contributed by atoms with Crippen molar-refractivity contribution in [3.8, 4) is 0 Å². The van der Waals surface area contributed by atoms with Crippen molar-refractivity contribution in [2.45, 2.75) is 19.4 Å². The van der Waals surface area contributed by atoms with Gasteiger partial charge >= 0.3 is 0 Å². The summed E-state index contributed by atoms with van der Waals surface area (Å²) >= 11 is 0. The number of carbonyl (C=O) groups is 1. The van der Waals surface area contributed by atoms with E-state index in [9.17, 15) is 25.0 Å². The third-order valence-corrected chi connectivity index (χ3v) is 3.40. The lowest BCUT2D eigenvalue weighted by Crippen LogP contribution is -2.14. The highest BCUT2D eigenvalue weighted by atomic mass is 16.6. The van der Waals surface area contributed by atoms with E-state index < -0.39 is 15.9 Å². The molecule has 124 valence electrons. The second-order valence-corrected chi connectivity index (χ2v) is 5.26. The van der Waals surface area contributed by atoms with Crippen LogP contribution in [0.2, 0.25) is 0 Å². The Balaban J connectivity index is 2.28. The van der Waals surface area contributed by atoms with Crippen LogP contribution in [-0.2, 0) is 4.79 Å². The number of anilines is 1. The molecule has 0 saturated carbocycles. The first-order valence-corrected chi connectivity index (χ1v) is 7.11. The molecule has 1 atom stereocenters.